The normalized spacial score (nSPS) is 12.9. The molecule has 1 aromatic rings. The molecule has 19 heavy (non-hydrogen) atoms. The second-order valence-corrected chi connectivity index (χ2v) is 4.07. The highest BCUT2D eigenvalue weighted by atomic mass is 127. The number of ether oxygens (including phenoxy) is 1. The van der Waals surface area contributed by atoms with E-state index < -0.39 is 39.5 Å². The summed E-state index contributed by atoms with van der Waals surface area (Å²) in [6.45, 7) is 0. The molecule has 0 unspecified atom stereocenters. The van der Waals surface area contributed by atoms with Crippen molar-refractivity contribution in [1.29, 1.82) is 0 Å². The van der Waals surface area contributed by atoms with Crippen molar-refractivity contribution in [3.8, 4) is 5.75 Å². The fourth-order valence-electron chi connectivity index (χ4n) is 1.14. The van der Waals surface area contributed by atoms with Crippen LogP contribution in [0.2, 0.25) is 0 Å². The molecule has 0 spiro atoms. The zero-order valence-electron chi connectivity index (χ0n) is 8.41. The van der Waals surface area contributed by atoms with E-state index in [9.17, 15) is 35.1 Å². The molecule has 0 atom stereocenters. The number of hydrogen-bond acceptors (Lipinski definition) is 2. The zero-order chi connectivity index (χ0) is 15.0. The monoisotopic (exact) mass is 407 g/mol. The van der Waals surface area contributed by atoms with Crippen molar-refractivity contribution >= 4 is 22.6 Å². The predicted molar refractivity (Wildman–Crippen MR) is 53.6 cm³/mol. The van der Waals surface area contributed by atoms with Crippen LogP contribution in [0.3, 0.4) is 0 Å². The lowest BCUT2D eigenvalue weighted by atomic mass is 10.1. The molecule has 0 aliphatic rings. The third-order valence-corrected chi connectivity index (χ3v) is 2.54. The highest BCUT2D eigenvalue weighted by Gasteiger charge is 2.42. The first-order valence-electron chi connectivity index (χ1n) is 4.23. The molecule has 1 rings (SSSR count). The maximum absolute atomic E-state index is 12.6. The van der Waals surface area contributed by atoms with E-state index in [2.05, 4.69) is 9.72 Å². The van der Waals surface area contributed by atoms with Crippen LogP contribution in [0.5, 0.6) is 5.75 Å². The van der Waals surface area contributed by atoms with E-state index in [-0.39, 0.29) is 6.20 Å². The Labute approximate surface area is 113 Å². The molecule has 1 heterocycles. The van der Waals surface area contributed by atoms with Crippen LogP contribution in [0, 0.1) is 3.70 Å². The first-order chi connectivity index (χ1) is 8.43. The van der Waals surface area contributed by atoms with Gasteiger partial charge in [0.15, 0.2) is 5.75 Å². The third-order valence-electron chi connectivity index (χ3n) is 1.77. The average Bonchev–Trinajstić information content (AvgIpc) is 2.16. The molecule has 0 radical (unpaired) electrons. The largest absolute Gasteiger partial charge is 0.573 e. The molecule has 1 aromatic heterocycles. The number of rotatable bonds is 2. The summed E-state index contributed by atoms with van der Waals surface area (Å²) in [7, 11) is 0. The Balaban J connectivity index is 3.52. The lowest BCUT2D eigenvalue weighted by molar-refractivity contribution is -0.275. The van der Waals surface area contributed by atoms with Gasteiger partial charge in [0.25, 0.3) is 6.43 Å². The molecule has 0 aliphatic carbocycles. The van der Waals surface area contributed by atoms with Crippen molar-refractivity contribution in [2.45, 2.75) is 19.0 Å². The van der Waals surface area contributed by atoms with Crippen molar-refractivity contribution in [2.24, 2.45) is 0 Å². The molecule has 0 aliphatic heterocycles. The summed E-state index contributed by atoms with van der Waals surface area (Å²) in [4.78, 5) is 2.98. The minimum Gasteiger partial charge on any atom is -0.402 e. The molecule has 108 valence electrons. The van der Waals surface area contributed by atoms with E-state index in [1.807, 2.05) is 0 Å². The smallest absolute Gasteiger partial charge is 0.402 e. The summed E-state index contributed by atoms with van der Waals surface area (Å²) < 4.78 is 101. The molecule has 0 amide bonds. The maximum Gasteiger partial charge on any atom is 0.573 e. The number of halogens is 9. The van der Waals surface area contributed by atoms with Crippen molar-refractivity contribution < 1.29 is 39.9 Å². The fourth-order valence-corrected chi connectivity index (χ4v) is 1.68. The Morgan fingerprint density at radius 1 is 1.11 bits per heavy atom. The Hall–Kier alpha value is -0.880. The van der Waals surface area contributed by atoms with Crippen LogP contribution in [-0.4, -0.2) is 11.3 Å². The predicted octanol–water partition coefficient (Wildman–Crippen LogP) is 4.54. The molecule has 0 fully saturated rings. The molecule has 0 saturated heterocycles. The summed E-state index contributed by atoms with van der Waals surface area (Å²) in [5.74, 6) is -1.64. The lowest BCUT2D eigenvalue weighted by Gasteiger charge is -2.18. The van der Waals surface area contributed by atoms with Gasteiger partial charge in [0.2, 0.25) is 0 Å². The van der Waals surface area contributed by atoms with Crippen LogP contribution in [0.25, 0.3) is 0 Å². The second-order valence-electron chi connectivity index (χ2n) is 3.05. The fraction of sp³-hybridized carbons (Fsp3) is 0.375. The number of aromatic nitrogens is 1. The summed E-state index contributed by atoms with van der Waals surface area (Å²) >= 11 is 1.07. The molecule has 0 N–H and O–H groups in total. The van der Waals surface area contributed by atoms with Crippen LogP contribution in [-0.2, 0) is 6.18 Å². The number of nitrogens with zero attached hydrogens (tertiary/aromatic N) is 1. The first-order valence-corrected chi connectivity index (χ1v) is 5.31. The van der Waals surface area contributed by atoms with Gasteiger partial charge in [0, 0.05) is 6.20 Å². The lowest BCUT2D eigenvalue weighted by Crippen LogP contribution is -2.21. The van der Waals surface area contributed by atoms with E-state index in [0.29, 0.717) is 0 Å². The standard InChI is InChI=1S/C8H2F8INO/c9-5(10)3-2(7(11,12)13)1-18-6(17)4(3)19-8(14,15)16/h1,5H. The van der Waals surface area contributed by atoms with E-state index in [1.54, 1.807) is 0 Å². The highest BCUT2D eigenvalue weighted by Crippen LogP contribution is 2.43. The van der Waals surface area contributed by atoms with Crippen molar-refractivity contribution in [3.05, 3.63) is 21.0 Å². The van der Waals surface area contributed by atoms with Crippen molar-refractivity contribution in [3.63, 3.8) is 0 Å². The summed E-state index contributed by atoms with van der Waals surface area (Å²) in [5.41, 5.74) is -3.86. The quantitative estimate of drug-likeness (QED) is 0.408. The molecule has 0 aromatic carbocycles. The van der Waals surface area contributed by atoms with Gasteiger partial charge in [-0.3, -0.25) is 0 Å². The van der Waals surface area contributed by atoms with Crippen molar-refractivity contribution in [1.82, 2.24) is 4.98 Å². The van der Waals surface area contributed by atoms with Gasteiger partial charge in [0.1, 0.15) is 3.70 Å². The molecule has 2 nitrogen and oxygen atoms in total. The highest BCUT2D eigenvalue weighted by molar-refractivity contribution is 14.1. The van der Waals surface area contributed by atoms with Gasteiger partial charge in [-0.2, -0.15) is 13.2 Å². The van der Waals surface area contributed by atoms with Gasteiger partial charge in [0.05, 0.1) is 11.1 Å². The van der Waals surface area contributed by atoms with Crippen molar-refractivity contribution in [2.75, 3.05) is 0 Å². The topological polar surface area (TPSA) is 22.1 Å². The van der Waals surface area contributed by atoms with E-state index in [4.69, 9.17) is 0 Å². The Morgan fingerprint density at radius 2 is 1.63 bits per heavy atom. The zero-order valence-corrected chi connectivity index (χ0v) is 10.6. The Bertz CT molecular complexity index is 469. The van der Waals surface area contributed by atoms with Gasteiger partial charge >= 0.3 is 12.5 Å². The molecular formula is C8H2F8INO. The maximum atomic E-state index is 12.6. The SMILES string of the molecule is FC(F)c1c(C(F)(F)F)cnc(I)c1OC(F)(F)F. The minimum atomic E-state index is -5.41. The molecule has 0 bridgehead atoms. The summed E-state index contributed by atoms with van der Waals surface area (Å²) in [6, 6.07) is 0. The summed E-state index contributed by atoms with van der Waals surface area (Å²) in [6.07, 6.45) is -14.4. The van der Waals surface area contributed by atoms with Crippen LogP contribution in [0.4, 0.5) is 35.1 Å². The van der Waals surface area contributed by atoms with Crippen LogP contribution >= 0.6 is 22.6 Å². The second kappa shape index (κ2) is 5.25. The van der Waals surface area contributed by atoms with Crippen LogP contribution < -0.4 is 4.74 Å². The van der Waals surface area contributed by atoms with E-state index >= 15 is 0 Å². The van der Waals surface area contributed by atoms with E-state index in [1.165, 1.54) is 0 Å². The van der Waals surface area contributed by atoms with Gasteiger partial charge in [-0.25, -0.2) is 13.8 Å². The van der Waals surface area contributed by atoms with Gasteiger partial charge in [-0.15, -0.1) is 13.2 Å². The molecule has 11 heteroatoms. The minimum absolute atomic E-state index is 0.0342. The van der Waals surface area contributed by atoms with Crippen LogP contribution in [0.15, 0.2) is 6.20 Å². The third kappa shape index (κ3) is 4.04. The molecular weight excluding hydrogens is 405 g/mol. The number of alkyl halides is 8. The number of hydrogen-bond donors (Lipinski definition) is 0. The van der Waals surface area contributed by atoms with Gasteiger partial charge in [-0.1, -0.05) is 0 Å². The average molecular weight is 407 g/mol. The summed E-state index contributed by atoms with van der Waals surface area (Å²) in [5, 5.41) is 0. The van der Waals surface area contributed by atoms with Crippen LogP contribution in [0.1, 0.15) is 17.6 Å². The molecule has 0 saturated carbocycles. The first kappa shape index (κ1) is 16.2. The number of pyridine rings is 1. The Kier molecular flexibility index (Phi) is 4.47. The Morgan fingerprint density at radius 3 is 2.00 bits per heavy atom. The van der Waals surface area contributed by atoms with Gasteiger partial charge in [-0.05, 0) is 22.6 Å². The van der Waals surface area contributed by atoms with Gasteiger partial charge < -0.3 is 4.74 Å². The van der Waals surface area contributed by atoms with E-state index in [0.717, 1.165) is 22.6 Å².